The van der Waals surface area contributed by atoms with E-state index in [1.165, 1.54) is 12.5 Å². The average Bonchev–Trinajstić information content (AvgIpc) is 3.15. The topological polar surface area (TPSA) is 636 Å². The van der Waals surface area contributed by atoms with Gasteiger partial charge >= 0.3 is 11.9 Å². The van der Waals surface area contributed by atoms with Gasteiger partial charge < -0.3 is 113 Å². The van der Waals surface area contributed by atoms with E-state index in [-0.39, 0.29) is 127 Å². The summed E-state index contributed by atoms with van der Waals surface area (Å²) in [5.41, 5.74) is 44.5. The van der Waals surface area contributed by atoms with Crippen LogP contribution in [0.5, 0.6) is 0 Å². The number of carbonyl (C=O) groups is 13. The zero-order valence-corrected chi connectivity index (χ0v) is 48.3. The summed E-state index contributed by atoms with van der Waals surface area (Å²) in [6, 6.07) is -13.4. The number of guanidine groups is 3. The van der Waals surface area contributed by atoms with E-state index in [1.54, 1.807) is 0 Å². The van der Waals surface area contributed by atoms with Crippen molar-refractivity contribution < 1.29 is 72.5 Å². The number of aliphatic imine (C=N–C) groups is 3. The lowest BCUT2D eigenvalue weighted by Crippen LogP contribution is -2.60. The van der Waals surface area contributed by atoms with Crippen molar-refractivity contribution in [3.05, 3.63) is 18.2 Å². The third-order valence-corrected chi connectivity index (χ3v) is 13.0. The maximum absolute atomic E-state index is 14.6. The Morgan fingerprint density at radius 1 is 0.598 bits per heavy atom. The van der Waals surface area contributed by atoms with Crippen LogP contribution in [0.1, 0.15) is 109 Å². The van der Waals surface area contributed by atoms with Gasteiger partial charge in [-0.05, 0) is 83.6 Å². The number of primary amides is 1. The summed E-state index contributed by atoms with van der Waals surface area (Å²) >= 11 is 0. The van der Waals surface area contributed by atoms with Crippen LogP contribution in [0.3, 0.4) is 0 Å². The van der Waals surface area contributed by atoms with E-state index in [2.05, 4.69) is 67.5 Å². The van der Waals surface area contributed by atoms with Crippen molar-refractivity contribution in [2.45, 2.75) is 164 Å². The van der Waals surface area contributed by atoms with Crippen LogP contribution in [0.2, 0.25) is 0 Å². The van der Waals surface area contributed by atoms with Gasteiger partial charge in [0.05, 0.1) is 25.2 Å². The fourth-order valence-electron chi connectivity index (χ4n) is 8.82. The normalized spacial score (nSPS) is 15.3. The molecule has 27 N–H and O–H groups in total. The molecule has 1 aromatic rings. The molecule has 87 heavy (non-hydrogen) atoms. The summed E-state index contributed by atoms with van der Waals surface area (Å²) in [5, 5.41) is 38.6. The van der Waals surface area contributed by atoms with Crippen molar-refractivity contribution >= 4 is 95.2 Å². The van der Waals surface area contributed by atoms with E-state index in [0.29, 0.717) is 12.8 Å². The number of amides is 10. The predicted octanol–water partition coefficient (Wildman–Crippen LogP) is -8.45. The van der Waals surface area contributed by atoms with Crippen LogP contribution in [-0.4, -0.2) is 207 Å². The van der Waals surface area contributed by atoms with E-state index in [9.17, 15) is 72.5 Å². The molecule has 1 aliphatic heterocycles. The zero-order chi connectivity index (χ0) is 65.2. The molecule has 0 bridgehead atoms. The number of nitrogens with two attached hydrogens (primary N) is 8. The van der Waals surface area contributed by atoms with Crippen LogP contribution in [0.15, 0.2) is 27.5 Å². The molecule has 0 unspecified atom stereocenters. The van der Waals surface area contributed by atoms with Gasteiger partial charge in [-0.15, -0.1) is 0 Å². The minimum Gasteiger partial charge on any atom is -0.481 e. The molecule has 0 spiro atoms. The molecule has 0 saturated carbocycles. The number of hydrogen-bond acceptors (Lipinski definition) is 18. The Bertz CT molecular complexity index is 2590. The Hall–Kier alpha value is -9.71. The number of nitrogens with one attached hydrogen (secondary N) is 9. The molecule has 37 nitrogen and oxygen atoms in total. The monoisotopic (exact) mass is 1230 g/mol. The predicted molar refractivity (Wildman–Crippen MR) is 310 cm³/mol. The van der Waals surface area contributed by atoms with Crippen LogP contribution in [0.25, 0.3) is 0 Å². The Labute approximate surface area is 499 Å². The van der Waals surface area contributed by atoms with E-state index < -0.39 is 151 Å². The first kappa shape index (κ1) is 73.4. The highest BCUT2D eigenvalue weighted by Crippen LogP contribution is 2.20. The number of carboxylic acids is 2. The quantitative estimate of drug-likeness (QED) is 0.0125. The van der Waals surface area contributed by atoms with Crippen molar-refractivity contribution in [1.29, 1.82) is 0 Å². The number of unbranched alkanes of at least 4 members (excludes halogenated alkanes) is 1. The minimum absolute atomic E-state index is 0.000394. The number of rotatable bonds is 42. The van der Waals surface area contributed by atoms with Crippen LogP contribution < -0.4 is 88.4 Å². The van der Waals surface area contributed by atoms with Gasteiger partial charge in [-0.2, -0.15) is 0 Å². The molecule has 1 aromatic heterocycles. The Kier molecular flexibility index (Phi) is 32.9. The van der Waals surface area contributed by atoms with Gasteiger partial charge in [-0.1, -0.05) is 0 Å². The molecule has 0 aromatic carbocycles. The highest BCUT2D eigenvalue weighted by atomic mass is 16.4. The smallest absolute Gasteiger partial charge is 0.305 e. The van der Waals surface area contributed by atoms with E-state index in [0.717, 1.165) is 11.8 Å². The largest absolute Gasteiger partial charge is 0.481 e. The lowest BCUT2D eigenvalue weighted by molar-refractivity contribution is -0.143. The van der Waals surface area contributed by atoms with Crippen LogP contribution in [-0.2, 0) is 68.7 Å². The van der Waals surface area contributed by atoms with Crippen molar-refractivity contribution in [2.24, 2.45) is 60.8 Å². The fraction of sp³-hybridized carbons (Fsp3) is 0.620. The van der Waals surface area contributed by atoms with Crippen molar-refractivity contribution in [2.75, 3.05) is 32.7 Å². The molecular weight excluding hydrogens is 1150 g/mol. The number of likely N-dealkylation sites (tertiary alicyclic amines) is 1. The number of aliphatic carboxylic acids is 2. The van der Waals surface area contributed by atoms with Gasteiger partial charge in [0.2, 0.25) is 59.1 Å². The number of H-pyrrole nitrogens is 1. The SMILES string of the molecule is CC(=O)N[C@@H](CC(N)=O)C(=O)N1CCC[C@H]1C(=O)N[C@@H](CCCN=C(N)N)C(=O)N[C@@H](CCCCN)C(=O)N[C@@H](CCCN=C(N)N)C(=O)N[C@@H](Cc1cnc[nH]1)C(=O)N[C@@H](CCCN=C(N)N)C(=O)N[C@@H](CCC(=O)O)C(=O)N[C@H](C=O)CC(=O)O. The molecule has 10 amide bonds. The number of aldehydes is 1. The van der Waals surface area contributed by atoms with E-state index in [1.807, 2.05) is 0 Å². The van der Waals surface area contributed by atoms with Crippen molar-refractivity contribution in [3.8, 4) is 0 Å². The van der Waals surface area contributed by atoms with Gasteiger partial charge in [0.25, 0.3) is 0 Å². The Balaban J connectivity index is 2.61. The number of carbonyl (C=O) groups excluding carboxylic acids is 11. The summed E-state index contributed by atoms with van der Waals surface area (Å²) < 4.78 is 0. The highest BCUT2D eigenvalue weighted by molar-refractivity contribution is 5.99. The highest BCUT2D eigenvalue weighted by Gasteiger charge is 2.40. The Morgan fingerprint density at radius 3 is 1.46 bits per heavy atom. The molecule has 37 heteroatoms. The lowest BCUT2D eigenvalue weighted by atomic mass is 10.0. The number of imidazole rings is 1. The first-order valence-electron chi connectivity index (χ1n) is 27.9. The number of aromatic nitrogens is 2. The molecular formula is C50H84N22O15. The first-order chi connectivity index (χ1) is 41.1. The van der Waals surface area contributed by atoms with Crippen LogP contribution in [0, 0.1) is 0 Å². The summed E-state index contributed by atoms with van der Waals surface area (Å²) in [7, 11) is 0. The van der Waals surface area contributed by atoms with Crippen molar-refractivity contribution in [3.63, 3.8) is 0 Å². The van der Waals surface area contributed by atoms with Crippen LogP contribution in [0.4, 0.5) is 0 Å². The third-order valence-electron chi connectivity index (χ3n) is 13.0. The number of carboxylic acid groups (broad SMARTS) is 2. The lowest BCUT2D eigenvalue weighted by Gasteiger charge is -2.30. The summed E-state index contributed by atoms with van der Waals surface area (Å²) in [6.07, 6.45) is 0.320. The van der Waals surface area contributed by atoms with E-state index in [4.69, 9.17) is 45.9 Å². The number of aromatic amines is 1. The molecule has 1 fully saturated rings. The van der Waals surface area contributed by atoms with Gasteiger partial charge in [-0.25, -0.2) is 4.98 Å². The second-order valence-electron chi connectivity index (χ2n) is 20.2. The van der Waals surface area contributed by atoms with Crippen molar-refractivity contribution in [1.82, 2.24) is 57.4 Å². The van der Waals surface area contributed by atoms with E-state index >= 15 is 0 Å². The molecule has 2 rings (SSSR count). The third kappa shape index (κ3) is 29.1. The molecule has 9 atom stereocenters. The van der Waals surface area contributed by atoms with Gasteiger partial charge in [0, 0.05) is 57.8 Å². The molecule has 1 aliphatic rings. The molecule has 0 radical (unpaired) electrons. The van der Waals surface area contributed by atoms with Gasteiger partial charge in [0.1, 0.15) is 54.6 Å². The second kappa shape index (κ2) is 39.0. The first-order valence-corrected chi connectivity index (χ1v) is 27.9. The number of nitrogens with zero attached hydrogens (tertiary/aromatic N) is 5. The second-order valence-corrected chi connectivity index (χ2v) is 20.2. The molecule has 484 valence electrons. The summed E-state index contributed by atoms with van der Waals surface area (Å²) in [4.78, 5) is 191. The zero-order valence-electron chi connectivity index (χ0n) is 48.3. The minimum atomic E-state index is -1.69. The molecule has 0 aliphatic carbocycles. The van der Waals surface area contributed by atoms with Gasteiger partial charge in [0.15, 0.2) is 17.9 Å². The summed E-state index contributed by atoms with van der Waals surface area (Å²) in [5.74, 6) is -12.8. The molecule has 1 saturated heterocycles. The maximum atomic E-state index is 14.6. The fourth-order valence-corrected chi connectivity index (χ4v) is 8.82. The molecule has 2 heterocycles. The van der Waals surface area contributed by atoms with Gasteiger partial charge in [-0.3, -0.25) is 72.5 Å². The maximum Gasteiger partial charge on any atom is 0.305 e. The average molecular weight is 1230 g/mol. The standard InChI is InChI=1S/C50H84N22O15/c1-26(74)64-35(22-37(52)75)47(87)72-19-7-12-36(72)46(86)70-32(11-6-18-62-50(57)58)43(83)66-29(8-2-3-15-51)41(81)67-31(10-5-17-61-49(55)56)44(84)71-34(20-27-23-59-25-63-27)45(85)68-30(9-4-16-60-48(53)54)42(82)69-33(13-14-38(76)77)40(80)65-28(24-73)21-39(78)79/h23-25,28-36H,2-22,51H2,1H3,(H2,52,75)(H,59,63)(H,64,74)(H,65,80)(H,66,83)(H,67,81)(H,68,85)(H,69,82)(H,70,86)(H,71,84)(H,76,77)(H,78,79)(H4,53,54,60)(H4,55,56,61)(H4,57,58,62)/t28-,29-,30-,31-,32-,33-,34-,35-,36-/m0/s1. The Morgan fingerprint density at radius 2 is 1.05 bits per heavy atom. The number of hydrogen-bond donors (Lipinski definition) is 19. The van der Waals surface area contributed by atoms with Crippen LogP contribution >= 0.6 is 0 Å². The summed E-state index contributed by atoms with van der Waals surface area (Å²) in [6.45, 7) is 1.22.